The Bertz CT molecular complexity index is 782. The molecule has 0 aromatic carbocycles. The second-order valence-electron chi connectivity index (χ2n) is 5.21. The first-order chi connectivity index (χ1) is 10.4. The van der Waals surface area contributed by atoms with E-state index in [1.165, 1.54) is 11.6 Å². The lowest BCUT2D eigenvalue weighted by atomic mass is 10.5. The third-order valence-electron chi connectivity index (χ3n) is 3.97. The van der Waals surface area contributed by atoms with Gasteiger partial charge in [-0.2, -0.15) is 4.98 Å². The third kappa shape index (κ3) is 2.66. The van der Waals surface area contributed by atoms with Crippen molar-refractivity contribution in [3.63, 3.8) is 0 Å². The molecule has 2 aromatic rings. The maximum atomic E-state index is 12.2. The molecule has 2 heterocycles. The number of aromatic nitrogens is 4. The molecule has 0 saturated carbocycles. The molecular formula is C14H23N5O3. The zero-order valence-electron chi connectivity index (χ0n) is 13.8. The summed E-state index contributed by atoms with van der Waals surface area (Å²) in [6.07, 6.45) is 0. The molecule has 0 saturated heterocycles. The van der Waals surface area contributed by atoms with E-state index in [1.54, 1.807) is 18.7 Å². The van der Waals surface area contributed by atoms with Crippen LogP contribution in [0.3, 0.4) is 0 Å². The van der Waals surface area contributed by atoms with Gasteiger partial charge in [-0.05, 0) is 13.1 Å². The molecule has 2 aromatic heterocycles. The van der Waals surface area contributed by atoms with E-state index in [2.05, 4.69) is 23.7 Å². The summed E-state index contributed by atoms with van der Waals surface area (Å²) in [5.74, 6) is 0. The van der Waals surface area contributed by atoms with Crippen molar-refractivity contribution in [1.29, 1.82) is 0 Å². The topological polar surface area (TPSA) is 74.3 Å². The number of imidazole rings is 1. The van der Waals surface area contributed by atoms with E-state index in [-0.39, 0.29) is 5.56 Å². The minimum Gasteiger partial charge on any atom is -0.463 e. The van der Waals surface area contributed by atoms with Crippen molar-refractivity contribution in [2.24, 2.45) is 21.1 Å². The Hall–Kier alpha value is -2.09. The average molecular weight is 309 g/mol. The zero-order chi connectivity index (χ0) is 16.4. The Balaban J connectivity index is 2.36. The highest BCUT2D eigenvalue weighted by Crippen LogP contribution is 2.15. The van der Waals surface area contributed by atoms with Gasteiger partial charge < -0.3 is 9.64 Å². The van der Waals surface area contributed by atoms with Crippen molar-refractivity contribution in [1.82, 2.24) is 23.6 Å². The molecule has 0 aliphatic carbocycles. The van der Waals surface area contributed by atoms with Crippen LogP contribution in [-0.4, -0.2) is 49.8 Å². The van der Waals surface area contributed by atoms with Crippen molar-refractivity contribution in [3.05, 3.63) is 20.8 Å². The van der Waals surface area contributed by atoms with Gasteiger partial charge in [0.15, 0.2) is 11.2 Å². The molecular weight excluding hydrogens is 286 g/mol. The van der Waals surface area contributed by atoms with E-state index in [0.717, 1.165) is 24.2 Å². The Morgan fingerprint density at radius 2 is 1.68 bits per heavy atom. The number of hydrogen-bond acceptors (Lipinski definition) is 5. The second kappa shape index (κ2) is 6.35. The molecule has 22 heavy (non-hydrogen) atoms. The first kappa shape index (κ1) is 16.3. The molecule has 0 N–H and O–H groups in total. The minimum absolute atomic E-state index is 0.341. The molecule has 0 aliphatic heterocycles. The van der Waals surface area contributed by atoms with Crippen LogP contribution < -0.4 is 16.0 Å². The van der Waals surface area contributed by atoms with E-state index in [0.29, 0.717) is 23.8 Å². The van der Waals surface area contributed by atoms with Crippen molar-refractivity contribution < 1.29 is 4.74 Å². The number of fused-ring (bicyclic) bond motifs is 1. The Morgan fingerprint density at radius 3 is 2.27 bits per heavy atom. The molecule has 122 valence electrons. The lowest BCUT2D eigenvalue weighted by Gasteiger charge is -2.17. The molecule has 0 bridgehead atoms. The number of nitrogens with zero attached hydrogens (tertiary/aromatic N) is 5. The summed E-state index contributed by atoms with van der Waals surface area (Å²) in [4.78, 5) is 30.7. The van der Waals surface area contributed by atoms with E-state index in [1.807, 2.05) is 0 Å². The minimum atomic E-state index is -0.398. The maximum Gasteiger partial charge on any atom is 0.332 e. The number of likely N-dealkylation sites (N-methyl/N-ethyl adjacent to an activating group) is 1. The van der Waals surface area contributed by atoms with Gasteiger partial charge in [0.1, 0.15) is 6.61 Å². The molecule has 0 spiro atoms. The van der Waals surface area contributed by atoms with Crippen LogP contribution in [0.25, 0.3) is 11.2 Å². The van der Waals surface area contributed by atoms with Crippen LogP contribution in [0.2, 0.25) is 0 Å². The van der Waals surface area contributed by atoms with Gasteiger partial charge in [-0.1, -0.05) is 13.8 Å². The van der Waals surface area contributed by atoms with Gasteiger partial charge in [-0.3, -0.25) is 18.5 Å². The molecule has 0 fully saturated rings. The SMILES string of the molecule is CCN(CC)CCOc1nc2c(c(=O)n(C)c(=O)n2C)n1C. The van der Waals surface area contributed by atoms with Crippen LogP contribution in [0.1, 0.15) is 13.8 Å². The predicted octanol–water partition coefficient (Wildman–Crippen LogP) is -0.309. The summed E-state index contributed by atoms with van der Waals surface area (Å²) in [5, 5.41) is 0. The molecule has 0 amide bonds. The number of hydrogen-bond donors (Lipinski definition) is 0. The molecule has 0 atom stereocenters. The monoisotopic (exact) mass is 309 g/mol. The average Bonchev–Trinajstić information content (AvgIpc) is 2.84. The highest BCUT2D eigenvalue weighted by molar-refractivity contribution is 5.71. The van der Waals surface area contributed by atoms with Crippen LogP contribution in [0.15, 0.2) is 9.59 Å². The highest BCUT2D eigenvalue weighted by atomic mass is 16.5. The van der Waals surface area contributed by atoms with Crippen LogP contribution in [0.4, 0.5) is 0 Å². The van der Waals surface area contributed by atoms with E-state index >= 15 is 0 Å². The molecule has 8 heteroatoms. The van der Waals surface area contributed by atoms with Crippen LogP contribution in [0, 0.1) is 0 Å². The number of rotatable bonds is 6. The number of ether oxygens (including phenoxy) is 1. The van der Waals surface area contributed by atoms with Crippen LogP contribution in [0.5, 0.6) is 6.01 Å². The standard InChI is InChI=1S/C14H23N5O3/c1-6-19(7-2)8-9-22-13-15-11-10(16(13)3)12(20)18(5)14(21)17(11)4/h6-9H2,1-5H3. The summed E-state index contributed by atoms with van der Waals surface area (Å²) < 4.78 is 9.72. The maximum absolute atomic E-state index is 12.2. The lowest BCUT2D eigenvalue weighted by Crippen LogP contribution is -2.37. The summed E-state index contributed by atoms with van der Waals surface area (Å²) in [6.45, 7) is 7.37. The largest absolute Gasteiger partial charge is 0.463 e. The first-order valence-corrected chi connectivity index (χ1v) is 7.39. The summed E-state index contributed by atoms with van der Waals surface area (Å²) in [6, 6.07) is 0.348. The quantitative estimate of drug-likeness (QED) is 0.732. The molecule has 0 radical (unpaired) electrons. The molecule has 0 unspecified atom stereocenters. The summed E-state index contributed by atoms with van der Waals surface area (Å²) in [5.41, 5.74) is -0.0622. The van der Waals surface area contributed by atoms with Gasteiger partial charge in [-0.15, -0.1) is 0 Å². The summed E-state index contributed by atoms with van der Waals surface area (Å²) in [7, 11) is 4.77. The van der Waals surface area contributed by atoms with Gasteiger partial charge in [0, 0.05) is 27.7 Å². The van der Waals surface area contributed by atoms with E-state index in [9.17, 15) is 9.59 Å². The third-order valence-corrected chi connectivity index (χ3v) is 3.97. The van der Waals surface area contributed by atoms with Crippen molar-refractivity contribution in [2.75, 3.05) is 26.2 Å². The van der Waals surface area contributed by atoms with Crippen molar-refractivity contribution in [2.45, 2.75) is 13.8 Å². The second-order valence-corrected chi connectivity index (χ2v) is 5.21. The Kier molecular flexibility index (Phi) is 4.70. The number of aryl methyl sites for hydroxylation is 2. The molecule has 2 rings (SSSR count). The fraction of sp³-hybridized carbons (Fsp3) is 0.643. The van der Waals surface area contributed by atoms with Gasteiger partial charge in [0.05, 0.1) is 0 Å². The van der Waals surface area contributed by atoms with Crippen molar-refractivity contribution >= 4 is 11.2 Å². The van der Waals surface area contributed by atoms with E-state index < -0.39 is 5.69 Å². The fourth-order valence-corrected chi connectivity index (χ4v) is 2.43. The normalized spacial score (nSPS) is 11.5. The van der Waals surface area contributed by atoms with Gasteiger partial charge in [0.25, 0.3) is 11.6 Å². The lowest BCUT2D eigenvalue weighted by molar-refractivity contribution is 0.209. The summed E-state index contributed by atoms with van der Waals surface area (Å²) >= 11 is 0. The Morgan fingerprint density at radius 1 is 1.05 bits per heavy atom. The zero-order valence-corrected chi connectivity index (χ0v) is 13.8. The van der Waals surface area contributed by atoms with Crippen LogP contribution in [-0.2, 0) is 21.1 Å². The fourth-order valence-electron chi connectivity index (χ4n) is 2.43. The highest BCUT2D eigenvalue weighted by Gasteiger charge is 2.17. The molecule has 8 nitrogen and oxygen atoms in total. The first-order valence-electron chi connectivity index (χ1n) is 7.39. The molecule has 0 aliphatic rings. The van der Waals surface area contributed by atoms with Gasteiger partial charge >= 0.3 is 5.69 Å². The van der Waals surface area contributed by atoms with Gasteiger partial charge in [0.2, 0.25) is 0 Å². The van der Waals surface area contributed by atoms with Gasteiger partial charge in [-0.25, -0.2) is 4.79 Å². The predicted molar refractivity (Wildman–Crippen MR) is 84.5 cm³/mol. The van der Waals surface area contributed by atoms with Crippen LogP contribution >= 0.6 is 0 Å². The van der Waals surface area contributed by atoms with Crippen molar-refractivity contribution in [3.8, 4) is 6.01 Å². The smallest absolute Gasteiger partial charge is 0.332 e. The Labute approximate surface area is 128 Å². The van der Waals surface area contributed by atoms with E-state index in [4.69, 9.17) is 4.74 Å².